The van der Waals surface area contributed by atoms with Crippen LogP contribution in [0.25, 0.3) is 0 Å². The maximum Gasteiger partial charge on any atom is 0.326 e. The van der Waals surface area contributed by atoms with Crippen molar-refractivity contribution in [2.75, 3.05) is 0 Å². The number of rotatable bonds is 9. The van der Waals surface area contributed by atoms with Crippen molar-refractivity contribution in [3.05, 3.63) is 35.9 Å². The van der Waals surface area contributed by atoms with Gasteiger partial charge in [-0.15, -0.1) is 0 Å². The van der Waals surface area contributed by atoms with Gasteiger partial charge in [0.1, 0.15) is 12.1 Å². The van der Waals surface area contributed by atoms with Crippen LogP contribution in [0.15, 0.2) is 30.3 Å². The summed E-state index contributed by atoms with van der Waals surface area (Å²) >= 11 is 0. The molecule has 32 heavy (non-hydrogen) atoms. The maximum atomic E-state index is 12.4. The summed E-state index contributed by atoms with van der Waals surface area (Å²) in [6.07, 6.45) is 4.99. The molecule has 0 unspecified atom stereocenters. The van der Waals surface area contributed by atoms with Gasteiger partial charge in [0.15, 0.2) is 0 Å². The molecule has 5 N–H and O–H groups in total. The first-order valence-electron chi connectivity index (χ1n) is 11.6. The number of carboxylic acids is 2. The van der Waals surface area contributed by atoms with E-state index in [9.17, 15) is 19.5 Å². The Balaban J connectivity index is 0.000000482. The average Bonchev–Trinajstić information content (AvgIpc) is 2.78. The lowest BCUT2D eigenvalue weighted by atomic mass is 9.76. The molecule has 0 radical (unpaired) electrons. The Kier molecular flexibility index (Phi) is 12.0. The number of amides is 1. The lowest BCUT2D eigenvalue weighted by Crippen LogP contribution is -2.45. The largest absolute Gasteiger partial charge is 0.480 e. The molecule has 3 atom stereocenters. The smallest absolute Gasteiger partial charge is 0.326 e. The lowest BCUT2D eigenvalue weighted by molar-refractivity contribution is -0.142. The highest BCUT2D eigenvalue weighted by Gasteiger charge is 2.30. The summed E-state index contributed by atoms with van der Waals surface area (Å²) in [6.45, 7) is 8.21. The van der Waals surface area contributed by atoms with Crippen LogP contribution in [-0.4, -0.2) is 40.1 Å². The zero-order valence-electron chi connectivity index (χ0n) is 19.8. The predicted molar refractivity (Wildman–Crippen MR) is 125 cm³/mol. The highest BCUT2D eigenvalue weighted by molar-refractivity contribution is 5.85. The van der Waals surface area contributed by atoms with Crippen molar-refractivity contribution in [3.63, 3.8) is 0 Å². The number of nitrogens with one attached hydrogen (secondary N) is 1. The molecule has 1 aromatic carbocycles. The number of hydrogen-bond donors (Lipinski definition) is 4. The molecule has 180 valence electrons. The molecule has 1 saturated carbocycles. The van der Waals surface area contributed by atoms with Gasteiger partial charge in [-0.05, 0) is 49.0 Å². The molecule has 0 heterocycles. The molecule has 2 rings (SSSR count). The normalized spacial score (nSPS) is 20.9. The molecule has 1 amide bonds. The zero-order valence-corrected chi connectivity index (χ0v) is 19.8. The summed E-state index contributed by atoms with van der Waals surface area (Å²) < 4.78 is 0. The first-order chi connectivity index (χ1) is 15.1. The van der Waals surface area contributed by atoms with Gasteiger partial charge in [0, 0.05) is 12.3 Å². The van der Waals surface area contributed by atoms with E-state index in [4.69, 9.17) is 10.8 Å². The van der Waals surface area contributed by atoms with Gasteiger partial charge in [0.2, 0.25) is 5.91 Å². The summed E-state index contributed by atoms with van der Waals surface area (Å²) in [4.78, 5) is 34.0. The second-order valence-corrected chi connectivity index (χ2v) is 9.19. The van der Waals surface area contributed by atoms with E-state index in [1.807, 2.05) is 44.2 Å². The number of nitrogens with two attached hydrogens (primary N) is 1. The monoisotopic (exact) mass is 448 g/mol. The molecule has 7 heteroatoms. The molecule has 0 saturated heterocycles. The van der Waals surface area contributed by atoms with E-state index in [1.165, 1.54) is 0 Å². The Morgan fingerprint density at radius 1 is 1.00 bits per heavy atom. The Hall–Kier alpha value is -2.41. The third-order valence-corrected chi connectivity index (χ3v) is 6.52. The van der Waals surface area contributed by atoms with E-state index < -0.39 is 24.0 Å². The highest BCUT2D eigenvalue weighted by atomic mass is 16.4. The van der Waals surface area contributed by atoms with Crippen molar-refractivity contribution in [1.29, 1.82) is 0 Å². The van der Waals surface area contributed by atoms with Gasteiger partial charge in [-0.3, -0.25) is 9.59 Å². The zero-order chi connectivity index (χ0) is 24.3. The van der Waals surface area contributed by atoms with Gasteiger partial charge in [0.25, 0.3) is 0 Å². The Morgan fingerprint density at radius 2 is 1.56 bits per heavy atom. The topological polar surface area (TPSA) is 130 Å². The van der Waals surface area contributed by atoms with Crippen LogP contribution in [0.2, 0.25) is 0 Å². The SMILES string of the molecule is CC(C)C1CCC(C(=O)N[C@H](Cc2ccccc2)C(=O)O)CC1.CC[C@H](C)[C@H](N)C(=O)O. The van der Waals surface area contributed by atoms with Crippen molar-refractivity contribution < 1.29 is 24.6 Å². The molecule has 1 fully saturated rings. The molecular weight excluding hydrogens is 408 g/mol. The summed E-state index contributed by atoms with van der Waals surface area (Å²) in [7, 11) is 0. The summed E-state index contributed by atoms with van der Waals surface area (Å²) in [5.41, 5.74) is 6.19. The van der Waals surface area contributed by atoms with Crippen molar-refractivity contribution >= 4 is 17.8 Å². The Morgan fingerprint density at radius 3 is 1.97 bits per heavy atom. The second kappa shape index (κ2) is 13.9. The van der Waals surface area contributed by atoms with Crippen molar-refractivity contribution in [1.82, 2.24) is 5.32 Å². The summed E-state index contributed by atoms with van der Waals surface area (Å²) in [5.74, 6) is -0.606. The molecule has 0 aromatic heterocycles. The summed E-state index contributed by atoms with van der Waals surface area (Å²) in [6, 6.07) is 7.87. The molecular formula is C25H40N2O5. The van der Waals surface area contributed by atoms with Crippen molar-refractivity contribution in [3.8, 4) is 0 Å². The van der Waals surface area contributed by atoms with Crippen LogP contribution < -0.4 is 11.1 Å². The van der Waals surface area contributed by atoms with Gasteiger partial charge in [-0.1, -0.05) is 64.4 Å². The fourth-order valence-electron chi connectivity index (χ4n) is 3.88. The molecule has 0 bridgehead atoms. The number of aliphatic carboxylic acids is 2. The third-order valence-electron chi connectivity index (χ3n) is 6.52. The lowest BCUT2D eigenvalue weighted by Gasteiger charge is -2.30. The van der Waals surface area contributed by atoms with Gasteiger partial charge >= 0.3 is 11.9 Å². The van der Waals surface area contributed by atoms with Crippen molar-refractivity contribution in [2.45, 2.75) is 78.3 Å². The van der Waals surface area contributed by atoms with Crippen LogP contribution in [0.1, 0.15) is 65.4 Å². The van der Waals surface area contributed by atoms with Crippen LogP contribution in [0.4, 0.5) is 0 Å². The number of benzene rings is 1. The van der Waals surface area contributed by atoms with Crippen molar-refractivity contribution in [2.24, 2.45) is 29.4 Å². The molecule has 1 aliphatic rings. The van der Waals surface area contributed by atoms with Crippen LogP contribution >= 0.6 is 0 Å². The van der Waals surface area contributed by atoms with Gasteiger partial charge in [-0.2, -0.15) is 0 Å². The first-order valence-corrected chi connectivity index (χ1v) is 11.6. The van der Waals surface area contributed by atoms with Gasteiger partial charge in [0.05, 0.1) is 0 Å². The van der Waals surface area contributed by atoms with E-state index in [2.05, 4.69) is 19.2 Å². The van der Waals surface area contributed by atoms with E-state index in [-0.39, 0.29) is 17.7 Å². The van der Waals surface area contributed by atoms with Gasteiger partial charge in [-0.25, -0.2) is 4.79 Å². The minimum atomic E-state index is -0.974. The quantitative estimate of drug-likeness (QED) is 0.456. The van der Waals surface area contributed by atoms with Gasteiger partial charge < -0.3 is 21.3 Å². The Labute approximate surface area is 191 Å². The molecule has 0 aliphatic heterocycles. The van der Waals surface area contributed by atoms with E-state index >= 15 is 0 Å². The van der Waals surface area contributed by atoms with Crippen LogP contribution in [0, 0.1) is 23.7 Å². The Bertz CT molecular complexity index is 714. The number of carboxylic acid groups (broad SMARTS) is 2. The minimum absolute atomic E-state index is 0.0392. The number of carbonyl (C=O) groups excluding carboxylic acids is 1. The fourth-order valence-corrected chi connectivity index (χ4v) is 3.88. The second-order valence-electron chi connectivity index (χ2n) is 9.19. The fraction of sp³-hybridized carbons (Fsp3) is 0.640. The standard InChI is InChI=1S/C19H27NO3.C6H13NO2/c1-13(2)15-8-10-16(11-9-15)18(21)20-17(19(22)23)12-14-6-4-3-5-7-14;1-3-4(2)5(7)6(8)9/h3-7,13,15-17H,8-12H2,1-2H3,(H,20,21)(H,22,23);4-5H,3,7H2,1-2H3,(H,8,9)/t15?,16?,17-;4-,5-/m10/s1. The van der Waals surface area contributed by atoms with E-state index in [1.54, 1.807) is 0 Å². The maximum absolute atomic E-state index is 12.4. The van der Waals surface area contributed by atoms with Crippen LogP contribution in [0.5, 0.6) is 0 Å². The van der Waals surface area contributed by atoms with E-state index in [0.717, 1.165) is 37.7 Å². The van der Waals surface area contributed by atoms with E-state index in [0.29, 0.717) is 18.3 Å². The molecule has 0 spiro atoms. The van der Waals surface area contributed by atoms with Crippen LogP contribution in [-0.2, 0) is 20.8 Å². The number of carbonyl (C=O) groups is 3. The first kappa shape index (κ1) is 27.6. The molecule has 1 aliphatic carbocycles. The average molecular weight is 449 g/mol. The summed E-state index contributed by atoms with van der Waals surface area (Å²) in [5, 5.41) is 20.5. The minimum Gasteiger partial charge on any atom is -0.480 e. The van der Waals surface area contributed by atoms with Crippen LogP contribution in [0.3, 0.4) is 0 Å². The number of hydrogen-bond acceptors (Lipinski definition) is 4. The molecule has 7 nitrogen and oxygen atoms in total. The third kappa shape index (κ3) is 9.39. The highest BCUT2D eigenvalue weighted by Crippen LogP contribution is 2.33. The predicted octanol–water partition coefficient (Wildman–Crippen LogP) is 3.71. The molecule has 1 aromatic rings.